The highest BCUT2D eigenvalue weighted by molar-refractivity contribution is 9.10. The zero-order valence-electron chi connectivity index (χ0n) is 17.8. The highest BCUT2D eigenvalue weighted by atomic mass is 79.9. The first-order valence-electron chi connectivity index (χ1n) is 11.5. The summed E-state index contributed by atoms with van der Waals surface area (Å²) in [5, 5.41) is 0. The Kier molecular flexibility index (Phi) is 8.80. The van der Waals surface area contributed by atoms with Crippen molar-refractivity contribution in [1.82, 2.24) is 9.80 Å². The first kappa shape index (κ1) is 22.2. The van der Waals surface area contributed by atoms with Crippen LogP contribution in [-0.4, -0.2) is 48.6 Å². The number of nitrogens with zero attached hydrogens (tertiary/aromatic N) is 2. The fourth-order valence-electron chi connectivity index (χ4n) is 5.33. The van der Waals surface area contributed by atoms with Gasteiger partial charge in [0.1, 0.15) is 5.82 Å². The summed E-state index contributed by atoms with van der Waals surface area (Å²) >= 11 is 3.58. The summed E-state index contributed by atoms with van der Waals surface area (Å²) in [6.07, 6.45) is 10.5. The number of hydrogen-bond acceptors (Lipinski definition) is 2. The van der Waals surface area contributed by atoms with Crippen molar-refractivity contribution in [3.05, 3.63) is 34.1 Å². The summed E-state index contributed by atoms with van der Waals surface area (Å²) in [5.74, 6) is 1.51. The molecule has 0 atom stereocenters. The Morgan fingerprint density at radius 2 is 1.68 bits per heavy atom. The van der Waals surface area contributed by atoms with E-state index in [4.69, 9.17) is 0 Å². The van der Waals surface area contributed by atoms with Crippen molar-refractivity contribution >= 4 is 15.9 Å². The van der Waals surface area contributed by atoms with Gasteiger partial charge in [-0.25, -0.2) is 4.39 Å². The fourth-order valence-corrected chi connectivity index (χ4v) is 5.74. The van der Waals surface area contributed by atoms with Crippen molar-refractivity contribution in [2.45, 2.75) is 71.3 Å². The van der Waals surface area contributed by atoms with Crippen LogP contribution in [0.3, 0.4) is 0 Å². The minimum absolute atomic E-state index is 0.119. The third-order valence-electron chi connectivity index (χ3n) is 7.22. The summed E-state index contributed by atoms with van der Waals surface area (Å²) in [5.41, 5.74) is 1.13. The van der Waals surface area contributed by atoms with Crippen LogP contribution in [-0.2, 0) is 6.42 Å². The molecule has 2 aliphatic rings. The van der Waals surface area contributed by atoms with Gasteiger partial charge >= 0.3 is 0 Å². The minimum Gasteiger partial charge on any atom is -0.303 e. The molecule has 28 heavy (non-hydrogen) atoms. The summed E-state index contributed by atoms with van der Waals surface area (Å²) in [7, 11) is 0. The van der Waals surface area contributed by atoms with Gasteiger partial charge in [0.05, 0.1) is 0 Å². The standard InChI is InChI=1S/C24H38BrFN2/c1-3-28(4-2)23-8-5-19(6-9-23)11-14-27-15-12-20(13-16-27)17-21-18-22(26)7-10-24(21)25/h7,10,18-20,23H,3-6,8-9,11-17H2,1-2H3. The fraction of sp³-hybridized carbons (Fsp3) is 0.750. The van der Waals surface area contributed by atoms with Crippen LogP contribution >= 0.6 is 15.9 Å². The van der Waals surface area contributed by atoms with E-state index >= 15 is 0 Å². The predicted octanol–water partition coefficient (Wildman–Crippen LogP) is 6.13. The van der Waals surface area contributed by atoms with E-state index in [-0.39, 0.29) is 5.82 Å². The number of piperidine rings is 1. The minimum atomic E-state index is -0.119. The van der Waals surface area contributed by atoms with E-state index in [1.54, 1.807) is 6.07 Å². The summed E-state index contributed by atoms with van der Waals surface area (Å²) in [4.78, 5) is 5.32. The average Bonchev–Trinajstić information content (AvgIpc) is 2.72. The van der Waals surface area contributed by atoms with E-state index < -0.39 is 0 Å². The Hall–Kier alpha value is -0.450. The van der Waals surface area contributed by atoms with Gasteiger partial charge in [-0.3, -0.25) is 0 Å². The normalized spacial score (nSPS) is 24.8. The molecule has 1 saturated heterocycles. The Bertz CT molecular complexity index is 588. The molecular formula is C24H38BrFN2. The monoisotopic (exact) mass is 452 g/mol. The van der Waals surface area contributed by atoms with E-state index in [1.807, 2.05) is 6.07 Å². The average molecular weight is 453 g/mol. The number of likely N-dealkylation sites (tertiary alicyclic amines) is 1. The molecule has 2 nitrogen and oxygen atoms in total. The molecule has 0 spiro atoms. The van der Waals surface area contributed by atoms with Crippen LogP contribution in [0.25, 0.3) is 0 Å². The molecule has 0 aromatic heterocycles. The van der Waals surface area contributed by atoms with E-state index in [0.29, 0.717) is 5.92 Å². The number of benzene rings is 1. The van der Waals surface area contributed by atoms with Crippen LogP contribution < -0.4 is 0 Å². The summed E-state index contributed by atoms with van der Waals surface area (Å²) in [6.45, 7) is 10.7. The van der Waals surface area contributed by atoms with Crippen molar-refractivity contribution in [2.75, 3.05) is 32.7 Å². The smallest absolute Gasteiger partial charge is 0.123 e. The second kappa shape index (κ2) is 11.1. The van der Waals surface area contributed by atoms with E-state index in [2.05, 4.69) is 39.6 Å². The Balaban J connectivity index is 1.34. The molecule has 4 heteroatoms. The molecule has 158 valence electrons. The molecule has 2 fully saturated rings. The maximum absolute atomic E-state index is 13.5. The highest BCUT2D eigenvalue weighted by Gasteiger charge is 2.26. The molecular weight excluding hydrogens is 415 g/mol. The molecule has 0 unspecified atom stereocenters. The van der Waals surface area contributed by atoms with Crippen LogP contribution in [0.5, 0.6) is 0 Å². The third kappa shape index (κ3) is 6.27. The van der Waals surface area contributed by atoms with Gasteiger partial charge in [-0.15, -0.1) is 0 Å². The van der Waals surface area contributed by atoms with Gasteiger partial charge in [0, 0.05) is 10.5 Å². The second-order valence-corrected chi connectivity index (χ2v) is 9.76. The van der Waals surface area contributed by atoms with Gasteiger partial charge in [-0.2, -0.15) is 0 Å². The number of hydrogen-bond donors (Lipinski definition) is 0. The largest absolute Gasteiger partial charge is 0.303 e. The Morgan fingerprint density at radius 3 is 2.32 bits per heavy atom. The molecule has 1 heterocycles. The van der Waals surface area contributed by atoms with Crippen molar-refractivity contribution in [3.8, 4) is 0 Å². The summed E-state index contributed by atoms with van der Waals surface area (Å²) in [6, 6.07) is 5.91. The molecule has 0 amide bonds. The first-order chi connectivity index (χ1) is 13.6. The molecule has 0 radical (unpaired) electrons. The van der Waals surface area contributed by atoms with E-state index in [1.165, 1.54) is 83.7 Å². The van der Waals surface area contributed by atoms with Crippen molar-refractivity contribution in [2.24, 2.45) is 11.8 Å². The second-order valence-electron chi connectivity index (χ2n) is 8.91. The Morgan fingerprint density at radius 1 is 1.00 bits per heavy atom. The van der Waals surface area contributed by atoms with Gasteiger partial charge in [0.25, 0.3) is 0 Å². The van der Waals surface area contributed by atoms with E-state index in [9.17, 15) is 4.39 Å². The zero-order valence-corrected chi connectivity index (χ0v) is 19.4. The number of rotatable bonds is 8. The van der Waals surface area contributed by atoms with Crippen molar-refractivity contribution in [1.29, 1.82) is 0 Å². The lowest BCUT2D eigenvalue weighted by Gasteiger charge is -2.37. The van der Waals surface area contributed by atoms with Crippen LogP contribution in [0.1, 0.15) is 64.4 Å². The predicted molar refractivity (Wildman–Crippen MR) is 120 cm³/mol. The first-order valence-corrected chi connectivity index (χ1v) is 12.3. The molecule has 0 N–H and O–H groups in total. The quantitative estimate of drug-likeness (QED) is 0.467. The van der Waals surface area contributed by atoms with Gasteiger partial charge in [0.15, 0.2) is 0 Å². The Labute approximate surface area is 180 Å². The van der Waals surface area contributed by atoms with Crippen LogP contribution in [0.15, 0.2) is 22.7 Å². The third-order valence-corrected chi connectivity index (χ3v) is 8.00. The highest BCUT2D eigenvalue weighted by Crippen LogP contribution is 2.31. The zero-order chi connectivity index (χ0) is 19.9. The molecule has 1 saturated carbocycles. The van der Waals surface area contributed by atoms with Gasteiger partial charge in [-0.05, 0) is 120 Å². The lowest BCUT2D eigenvalue weighted by Crippen LogP contribution is -2.39. The van der Waals surface area contributed by atoms with Gasteiger partial charge in [-0.1, -0.05) is 29.8 Å². The lowest BCUT2D eigenvalue weighted by atomic mass is 9.83. The van der Waals surface area contributed by atoms with Crippen LogP contribution in [0.2, 0.25) is 0 Å². The van der Waals surface area contributed by atoms with Crippen molar-refractivity contribution in [3.63, 3.8) is 0 Å². The van der Waals surface area contributed by atoms with Crippen molar-refractivity contribution < 1.29 is 4.39 Å². The molecule has 0 bridgehead atoms. The lowest BCUT2D eigenvalue weighted by molar-refractivity contribution is 0.130. The van der Waals surface area contributed by atoms with Gasteiger partial charge < -0.3 is 9.80 Å². The molecule has 1 aromatic carbocycles. The summed E-state index contributed by atoms with van der Waals surface area (Å²) < 4.78 is 14.6. The van der Waals surface area contributed by atoms with Gasteiger partial charge in [0.2, 0.25) is 0 Å². The molecule has 1 aromatic rings. The topological polar surface area (TPSA) is 6.48 Å². The van der Waals surface area contributed by atoms with Crippen LogP contribution in [0.4, 0.5) is 4.39 Å². The molecule has 1 aliphatic carbocycles. The maximum atomic E-state index is 13.5. The molecule has 1 aliphatic heterocycles. The SMILES string of the molecule is CCN(CC)C1CCC(CCN2CCC(Cc3cc(F)ccc3Br)CC2)CC1. The van der Waals surface area contributed by atoms with Crippen LogP contribution in [0, 0.1) is 17.7 Å². The van der Waals surface area contributed by atoms with E-state index in [0.717, 1.165) is 28.4 Å². The number of halogens is 2. The maximum Gasteiger partial charge on any atom is 0.123 e. The molecule has 3 rings (SSSR count).